The lowest BCUT2D eigenvalue weighted by Crippen LogP contribution is -2.14. The Bertz CT molecular complexity index is 483. The van der Waals surface area contributed by atoms with Crippen molar-refractivity contribution < 1.29 is 21.6 Å². The maximum Gasteiger partial charge on any atom is 0.416 e. The predicted octanol–water partition coefficient (Wildman–Crippen LogP) is 2.12. The molecule has 0 heterocycles. The highest BCUT2D eigenvalue weighted by atomic mass is 79.9. The minimum atomic E-state index is -4.51. The van der Waals surface area contributed by atoms with Gasteiger partial charge in [0.05, 0.1) is 10.5 Å². The van der Waals surface area contributed by atoms with Crippen molar-refractivity contribution in [3.63, 3.8) is 0 Å². The van der Waals surface area contributed by atoms with Crippen LogP contribution in [0.2, 0.25) is 0 Å². The molecule has 0 fully saturated rings. The first-order chi connectivity index (χ1) is 6.62. The first-order valence-electron chi connectivity index (χ1n) is 3.52. The summed E-state index contributed by atoms with van der Waals surface area (Å²) < 4.78 is 58.1. The molecule has 0 unspecified atom stereocenters. The van der Waals surface area contributed by atoms with Gasteiger partial charge in [-0.2, -0.15) is 13.2 Å². The molecule has 0 amide bonds. The van der Waals surface area contributed by atoms with E-state index < -0.39 is 21.8 Å². The number of hydrogen-bond donors (Lipinski definition) is 1. The second-order valence-electron chi connectivity index (χ2n) is 2.69. The van der Waals surface area contributed by atoms with Crippen LogP contribution in [0.1, 0.15) is 5.56 Å². The zero-order valence-corrected chi connectivity index (χ0v) is 9.45. The summed E-state index contributed by atoms with van der Waals surface area (Å²) in [5, 5.41) is 4.78. The number of sulfonamides is 1. The van der Waals surface area contributed by atoms with Gasteiger partial charge >= 0.3 is 6.18 Å². The van der Waals surface area contributed by atoms with Gasteiger partial charge in [-0.3, -0.25) is 0 Å². The second-order valence-corrected chi connectivity index (χ2v) is 5.07. The van der Waals surface area contributed by atoms with E-state index in [4.69, 9.17) is 5.14 Å². The van der Waals surface area contributed by atoms with E-state index in [-0.39, 0.29) is 9.37 Å². The molecule has 0 saturated carbocycles. The molecule has 0 atom stereocenters. The van der Waals surface area contributed by atoms with Gasteiger partial charge in [0.1, 0.15) is 0 Å². The van der Waals surface area contributed by atoms with Gasteiger partial charge in [-0.1, -0.05) is 0 Å². The Morgan fingerprint density at radius 2 is 1.80 bits per heavy atom. The van der Waals surface area contributed by atoms with E-state index in [9.17, 15) is 21.6 Å². The fourth-order valence-corrected chi connectivity index (χ4v) is 2.55. The largest absolute Gasteiger partial charge is 0.416 e. The molecule has 0 aromatic heterocycles. The average Bonchev–Trinajstić information content (AvgIpc) is 1.99. The van der Waals surface area contributed by atoms with Crippen molar-refractivity contribution in [2.24, 2.45) is 5.14 Å². The van der Waals surface area contributed by atoms with E-state index in [0.29, 0.717) is 12.1 Å². The van der Waals surface area contributed by atoms with Crippen LogP contribution in [0.15, 0.2) is 27.6 Å². The number of primary sulfonamides is 1. The summed E-state index contributed by atoms with van der Waals surface area (Å²) >= 11 is 2.72. The summed E-state index contributed by atoms with van der Waals surface area (Å²) in [7, 11) is -4.01. The summed E-state index contributed by atoms with van der Waals surface area (Å²) in [5.74, 6) is 0. The minimum Gasteiger partial charge on any atom is -0.225 e. The molecule has 1 rings (SSSR count). The van der Waals surface area contributed by atoms with E-state index >= 15 is 0 Å². The lowest BCUT2D eigenvalue weighted by Gasteiger charge is -2.08. The van der Waals surface area contributed by atoms with Gasteiger partial charge in [0, 0.05) is 4.47 Å². The van der Waals surface area contributed by atoms with E-state index in [1.807, 2.05) is 0 Å². The number of hydrogen-bond acceptors (Lipinski definition) is 2. The molecule has 0 aliphatic carbocycles. The van der Waals surface area contributed by atoms with Crippen molar-refractivity contribution in [1.82, 2.24) is 0 Å². The van der Waals surface area contributed by atoms with Crippen LogP contribution < -0.4 is 5.14 Å². The molecule has 0 bridgehead atoms. The molecule has 0 aliphatic heterocycles. The first-order valence-corrected chi connectivity index (χ1v) is 5.86. The summed E-state index contributed by atoms with van der Waals surface area (Å²) in [4.78, 5) is -0.379. The predicted molar refractivity (Wildman–Crippen MR) is 50.5 cm³/mol. The van der Waals surface area contributed by atoms with Crippen LogP contribution in [0.4, 0.5) is 13.2 Å². The van der Waals surface area contributed by atoms with Crippen LogP contribution in [0.3, 0.4) is 0 Å². The van der Waals surface area contributed by atoms with E-state index in [1.54, 1.807) is 0 Å². The van der Waals surface area contributed by atoms with Crippen LogP contribution in [-0.4, -0.2) is 8.42 Å². The van der Waals surface area contributed by atoms with Crippen LogP contribution in [-0.2, 0) is 16.2 Å². The number of rotatable bonds is 1. The average molecular weight is 304 g/mol. The zero-order chi connectivity index (χ0) is 11.9. The monoisotopic (exact) mass is 303 g/mol. The van der Waals surface area contributed by atoms with Gasteiger partial charge < -0.3 is 0 Å². The summed E-state index contributed by atoms with van der Waals surface area (Å²) in [5.41, 5.74) is -0.943. The summed E-state index contributed by atoms with van der Waals surface area (Å²) in [6, 6.07) is 2.13. The number of nitrogens with two attached hydrogens (primary N) is 1. The normalized spacial score (nSPS) is 12.9. The highest BCUT2D eigenvalue weighted by molar-refractivity contribution is 9.10. The molecule has 8 heteroatoms. The van der Waals surface area contributed by atoms with Gasteiger partial charge in [0.2, 0.25) is 10.0 Å². The fraction of sp³-hybridized carbons (Fsp3) is 0.143. The van der Waals surface area contributed by atoms with Gasteiger partial charge in [-0.25, -0.2) is 13.6 Å². The Balaban J connectivity index is 3.34. The smallest absolute Gasteiger partial charge is 0.225 e. The first kappa shape index (κ1) is 12.5. The Morgan fingerprint density at radius 1 is 1.27 bits per heavy atom. The van der Waals surface area contributed by atoms with Crippen LogP contribution >= 0.6 is 15.9 Å². The van der Waals surface area contributed by atoms with Crippen molar-refractivity contribution in [2.75, 3.05) is 0 Å². The maximum atomic E-state index is 12.2. The van der Waals surface area contributed by atoms with E-state index in [0.717, 1.165) is 6.07 Å². The molecule has 0 saturated heterocycles. The zero-order valence-electron chi connectivity index (χ0n) is 7.05. The standard InChI is InChI=1S/C7H5BrF3NO2S/c8-5-3-4(7(9,10)11)1-2-6(5)15(12,13)14/h1-3H,(H2,12,13,14). The summed E-state index contributed by atoms with van der Waals surface area (Å²) in [6.07, 6.45) is -4.51. The van der Waals surface area contributed by atoms with Crippen molar-refractivity contribution >= 4 is 26.0 Å². The van der Waals surface area contributed by atoms with Gasteiger partial charge in [0.25, 0.3) is 0 Å². The molecule has 1 aromatic carbocycles. The molecule has 2 N–H and O–H groups in total. The third-order valence-corrected chi connectivity index (χ3v) is 3.45. The molecular formula is C7H5BrF3NO2S. The quantitative estimate of drug-likeness (QED) is 0.864. The van der Waals surface area contributed by atoms with Crippen molar-refractivity contribution in [2.45, 2.75) is 11.1 Å². The molecule has 3 nitrogen and oxygen atoms in total. The van der Waals surface area contributed by atoms with Crippen molar-refractivity contribution in [1.29, 1.82) is 0 Å². The highest BCUT2D eigenvalue weighted by Gasteiger charge is 2.31. The van der Waals surface area contributed by atoms with Gasteiger partial charge in [-0.15, -0.1) is 0 Å². The van der Waals surface area contributed by atoms with Crippen molar-refractivity contribution in [3.05, 3.63) is 28.2 Å². The summed E-state index contributed by atoms with van der Waals surface area (Å²) in [6.45, 7) is 0. The SMILES string of the molecule is NS(=O)(=O)c1ccc(C(F)(F)F)cc1Br. The lowest BCUT2D eigenvalue weighted by molar-refractivity contribution is -0.137. The highest BCUT2D eigenvalue weighted by Crippen LogP contribution is 2.33. The molecule has 84 valence electrons. The van der Waals surface area contributed by atoms with Gasteiger partial charge in [-0.05, 0) is 34.1 Å². The Labute approximate surface area is 92.3 Å². The molecule has 0 spiro atoms. The Hall–Kier alpha value is -0.600. The maximum absolute atomic E-state index is 12.2. The van der Waals surface area contributed by atoms with Crippen molar-refractivity contribution in [3.8, 4) is 0 Å². The van der Waals surface area contributed by atoms with Gasteiger partial charge in [0.15, 0.2) is 0 Å². The molecule has 15 heavy (non-hydrogen) atoms. The molecule has 0 aliphatic rings. The molecule has 0 radical (unpaired) electrons. The lowest BCUT2D eigenvalue weighted by atomic mass is 10.2. The second kappa shape index (κ2) is 3.76. The topological polar surface area (TPSA) is 60.2 Å². The number of alkyl halides is 3. The third-order valence-electron chi connectivity index (χ3n) is 1.57. The van der Waals surface area contributed by atoms with Crippen LogP contribution in [0.25, 0.3) is 0 Å². The van der Waals surface area contributed by atoms with Crippen LogP contribution in [0.5, 0.6) is 0 Å². The molecular weight excluding hydrogens is 299 g/mol. The van der Waals surface area contributed by atoms with E-state index in [1.165, 1.54) is 0 Å². The Morgan fingerprint density at radius 3 is 2.13 bits per heavy atom. The minimum absolute atomic E-state index is 0.208. The van der Waals surface area contributed by atoms with E-state index in [2.05, 4.69) is 15.9 Å². The fourth-order valence-electron chi connectivity index (χ4n) is 0.908. The Kier molecular flexibility index (Phi) is 3.13. The van der Waals surface area contributed by atoms with Crippen LogP contribution in [0, 0.1) is 0 Å². The number of halogens is 4. The molecule has 1 aromatic rings. The number of benzene rings is 1. The third kappa shape index (κ3) is 2.93.